The monoisotopic (exact) mass is 291 g/mol. The molecule has 2 nitrogen and oxygen atoms in total. The van der Waals surface area contributed by atoms with E-state index in [9.17, 15) is 9.18 Å². The highest BCUT2D eigenvalue weighted by Gasteiger charge is 2.14. The van der Waals surface area contributed by atoms with Crippen LogP contribution in [0.15, 0.2) is 48.5 Å². The van der Waals surface area contributed by atoms with Crippen LogP contribution in [-0.4, -0.2) is 5.91 Å². The molecule has 2 aromatic rings. The van der Waals surface area contributed by atoms with E-state index in [4.69, 9.17) is 11.6 Å². The second-order valence-corrected chi connectivity index (χ2v) is 4.80. The molecule has 0 aliphatic carbocycles. The Morgan fingerprint density at radius 3 is 2.50 bits per heavy atom. The summed E-state index contributed by atoms with van der Waals surface area (Å²) in [6.07, 6.45) is 0. The van der Waals surface area contributed by atoms with E-state index in [1.54, 1.807) is 24.3 Å². The van der Waals surface area contributed by atoms with Crippen LogP contribution in [0.1, 0.15) is 34.5 Å². The molecule has 0 saturated carbocycles. The summed E-state index contributed by atoms with van der Waals surface area (Å²) in [5.74, 6) is -0.188. The standard InChI is InChI=1S/C16H15ClFNO/c1-11(12-6-8-14(18)9-7-12)19-16(20)15-5-3-2-4-13(15)10-17/h2-9,11H,10H2,1H3,(H,19,20). The number of rotatable bonds is 4. The minimum Gasteiger partial charge on any atom is -0.346 e. The summed E-state index contributed by atoms with van der Waals surface area (Å²) in [5, 5.41) is 2.89. The number of carbonyl (C=O) groups is 1. The molecule has 0 aromatic heterocycles. The molecule has 0 aliphatic heterocycles. The first-order valence-electron chi connectivity index (χ1n) is 6.32. The molecular formula is C16H15ClFNO. The quantitative estimate of drug-likeness (QED) is 0.846. The van der Waals surface area contributed by atoms with Crippen LogP contribution in [0.4, 0.5) is 4.39 Å². The van der Waals surface area contributed by atoms with Gasteiger partial charge in [-0.2, -0.15) is 0 Å². The first kappa shape index (κ1) is 14.5. The summed E-state index contributed by atoms with van der Waals surface area (Å²) in [6.45, 7) is 1.86. The summed E-state index contributed by atoms with van der Waals surface area (Å²) < 4.78 is 12.9. The van der Waals surface area contributed by atoms with Crippen molar-refractivity contribution in [3.8, 4) is 0 Å². The van der Waals surface area contributed by atoms with Crippen LogP contribution < -0.4 is 5.32 Å². The zero-order valence-corrected chi connectivity index (χ0v) is 11.8. The first-order chi connectivity index (χ1) is 9.61. The van der Waals surface area contributed by atoms with E-state index in [0.29, 0.717) is 5.56 Å². The summed E-state index contributed by atoms with van der Waals surface area (Å²) in [6, 6.07) is 13.1. The third-order valence-electron chi connectivity index (χ3n) is 3.12. The summed E-state index contributed by atoms with van der Waals surface area (Å²) in [7, 11) is 0. The number of halogens is 2. The highest BCUT2D eigenvalue weighted by molar-refractivity contribution is 6.17. The molecule has 0 bridgehead atoms. The fraction of sp³-hybridized carbons (Fsp3) is 0.188. The fourth-order valence-corrected chi connectivity index (χ4v) is 2.20. The van der Waals surface area contributed by atoms with E-state index in [0.717, 1.165) is 11.1 Å². The lowest BCUT2D eigenvalue weighted by Crippen LogP contribution is -2.27. The lowest BCUT2D eigenvalue weighted by atomic mass is 10.1. The normalized spacial score (nSPS) is 11.9. The molecule has 0 spiro atoms. The molecule has 1 unspecified atom stereocenters. The zero-order valence-electron chi connectivity index (χ0n) is 11.1. The van der Waals surface area contributed by atoms with Crippen LogP contribution in [0.5, 0.6) is 0 Å². The van der Waals surface area contributed by atoms with Crippen molar-refractivity contribution in [1.82, 2.24) is 5.32 Å². The van der Waals surface area contributed by atoms with Crippen LogP contribution in [-0.2, 0) is 5.88 Å². The highest BCUT2D eigenvalue weighted by atomic mass is 35.5. The molecule has 1 amide bonds. The maximum Gasteiger partial charge on any atom is 0.252 e. The average molecular weight is 292 g/mol. The molecule has 0 radical (unpaired) electrons. The minimum atomic E-state index is -0.292. The van der Waals surface area contributed by atoms with Crippen LogP contribution in [0, 0.1) is 5.82 Å². The van der Waals surface area contributed by atoms with E-state index < -0.39 is 0 Å². The smallest absolute Gasteiger partial charge is 0.252 e. The number of alkyl halides is 1. The van der Waals surface area contributed by atoms with Crippen molar-refractivity contribution in [2.24, 2.45) is 0 Å². The van der Waals surface area contributed by atoms with Crippen molar-refractivity contribution in [3.63, 3.8) is 0 Å². The van der Waals surface area contributed by atoms with Crippen LogP contribution in [0.25, 0.3) is 0 Å². The highest BCUT2D eigenvalue weighted by Crippen LogP contribution is 2.16. The predicted octanol–water partition coefficient (Wildman–Crippen LogP) is 4.06. The largest absolute Gasteiger partial charge is 0.346 e. The molecule has 1 N–H and O–H groups in total. The molecule has 4 heteroatoms. The first-order valence-corrected chi connectivity index (χ1v) is 6.85. The average Bonchev–Trinajstić information content (AvgIpc) is 2.47. The minimum absolute atomic E-state index is 0.182. The lowest BCUT2D eigenvalue weighted by Gasteiger charge is -2.15. The maximum atomic E-state index is 12.9. The SMILES string of the molecule is CC(NC(=O)c1ccccc1CCl)c1ccc(F)cc1. The van der Waals surface area contributed by atoms with Gasteiger partial charge in [0.1, 0.15) is 5.82 Å². The van der Waals surface area contributed by atoms with Crippen LogP contribution in [0.3, 0.4) is 0 Å². The molecule has 104 valence electrons. The number of carbonyl (C=O) groups excluding carboxylic acids is 1. The third-order valence-corrected chi connectivity index (χ3v) is 3.41. The van der Waals surface area contributed by atoms with Gasteiger partial charge in [-0.25, -0.2) is 4.39 Å². The Bertz CT molecular complexity index is 598. The molecule has 2 rings (SSSR count). The number of benzene rings is 2. The second-order valence-electron chi connectivity index (χ2n) is 4.54. The van der Waals surface area contributed by atoms with Crippen molar-refractivity contribution in [3.05, 3.63) is 71.0 Å². The van der Waals surface area contributed by atoms with E-state index >= 15 is 0 Å². The van der Waals surface area contributed by atoms with Gasteiger partial charge in [-0.3, -0.25) is 4.79 Å². The molecule has 20 heavy (non-hydrogen) atoms. The van der Waals surface area contributed by atoms with E-state index in [1.165, 1.54) is 12.1 Å². The van der Waals surface area contributed by atoms with Crippen molar-refractivity contribution in [1.29, 1.82) is 0 Å². The molecule has 2 aromatic carbocycles. The second kappa shape index (κ2) is 6.53. The number of nitrogens with one attached hydrogen (secondary N) is 1. The van der Waals surface area contributed by atoms with E-state index in [2.05, 4.69) is 5.32 Å². The molecule has 0 saturated heterocycles. The molecule has 0 heterocycles. The Morgan fingerprint density at radius 2 is 1.85 bits per heavy atom. The fourth-order valence-electron chi connectivity index (χ4n) is 1.97. The number of hydrogen-bond donors (Lipinski definition) is 1. The Hall–Kier alpha value is -1.87. The Morgan fingerprint density at radius 1 is 1.20 bits per heavy atom. The van der Waals surface area contributed by atoms with Gasteiger partial charge in [-0.1, -0.05) is 30.3 Å². The van der Waals surface area contributed by atoms with E-state index in [-0.39, 0.29) is 23.6 Å². The van der Waals surface area contributed by atoms with Gasteiger partial charge in [-0.15, -0.1) is 11.6 Å². The predicted molar refractivity (Wildman–Crippen MR) is 78.3 cm³/mol. The van der Waals surface area contributed by atoms with Gasteiger partial charge in [0.2, 0.25) is 0 Å². The van der Waals surface area contributed by atoms with Crippen LogP contribution >= 0.6 is 11.6 Å². The van der Waals surface area contributed by atoms with E-state index in [1.807, 2.05) is 19.1 Å². The van der Waals surface area contributed by atoms with Crippen molar-refractivity contribution in [2.75, 3.05) is 0 Å². The van der Waals surface area contributed by atoms with Gasteiger partial charge in [0, 0.05) is 11.4 Å². The molecule has 0 aliphatic rings. The van der Waals surface area contributed by atoms with Gasteiger partial charge < -0.3 is 5.32 Å². The Labute approximate surface area is 122 Å². The summed E-state index contributed by atoms with van der Waals surface area (Å²) >= 11 is 5.83. The number of hydrogen-bond acceptors (Lipinski definition) is 1. The molecule has 0 fully saturated rings. The number of amides is 1. The zero-order chi connectivity index (χ0) is 14.5. The summed E-state index contributed by atoms with van der Waals surface area (Å²) in [5.41, 5.74) is 2.21. The van der Waals surface area contributed by atoms with Crippen LogP contribution in [0.2, 0.25) is 0 Å². The van der Waals surface area contributed by atoms with Gasteiger partial charge in [-0.05, 0) is 36.2 Å². The van der Waals surface area contributed by atoms with Gasteiger partial charge in [0.15, 0.2) is 0 Å². The molecular weight excluding hydrogens is 277 g/mol. The Balaban J connectivity index is 2.13. The maximum absolute atomic E-state index is 12.9. The lowest BCUT2D eigenvalue weighted by molar-refractivity contribution is 0.0939. The molecule has 1 atom stereocenters. The van der Waals surface area contributed by atoms with Crippen molar-refractivity contribution >= 4 is 17.5 Å². The third kappa shape index (κ3) is 3.36. The summed E-state index contributed by atoms with van der Waals surface area (Å²) in [4.78, 5) is 12.2. The van der Waals surface area contributed by atoms with Gasteiger partial charge in [0.05, 0.1) is 6.04 Å². The van der Waals surface area contributed by atoms with Crippen molar-refractivity contribution in [2.45, 2.75) is 18.8 Å². The topological polar surface area (TPSA) is 29.1 Å². The van der Waals surface area contributed by atoms with Gasteiger partial charge in [0.25, 0.3) is 5.91 Å². The van der Waals surface area contributed by atoms with Crippen molar-refractivity contribution < 1.29 is 9.18 Å². The van der Waals surface area contributed by atoms with Gasteiger partial charge >= 0.3 is 0 Å². The Kier molecular flexibility index (Phi) is 4.74.